The zero-order chi connectivity index (χ0) is 15.8. The number of carbonyl (C=O) groups excluding carboxylic acids is 1. The highest BCUT2D eigenvalue weighted by atomic mass is 32.2. The summed E-state index contributed by atoms with van der Waals surface area (Å²) in [5.74, 6) is -1.17. The molecule has 0 saturated heterocycles. The summed E-state index contributed by atoms with van der Waals surface area (Å²) >= 11 is 1.55. The van der Waals surface area contributed by atoms with Gasteiger partial charge in [-0.05, 0) is 31.7 Å². The average Bonchev–Trinajstić information content (AvgIpc) is 2.47. The van der Waals surface area contributed by atoms with E-state index in [1.165, 1.54) is 0 Å². The molecule has 1 amide bonds. The maximum absolute atomic E-state index is 12.2. The molecule has 6 heteroatoms. The maximum Gasteiger partial charge on any atom is 0.320 e. The van der Waals surface area contributed by atoms with E-state index >= 15 is 0 Å². The molecule has 0 aliphatic carbocycles. The zero-order valence-corrected chi connectivity index (χ0v) is 13.4. The molecule has 3 N–H and O–H groups in total. The van der Waals surface area contributed by atoms with Crippen molar-refractivity contribution in [3.8, 4) is 0 Å². The van der Waals surface area contributed by atoms with Crippen LogP contribution in [-0.2, 0) is 9.59 Å². The molecule has 21 heavy (non-hydrogen) atoms. The predicted molar refractivity (Wildman–Crippen MR) is 85.8 cm³/mol. The van der Waals surface area contributed by atoms with E-state index in [-0.39, 0.29) is 5.91 Å². The van der Waals surface area contributed by atoms with Gasteiger partial charge >= 0.3 is 5.97 Å². The Morgan fingerprint density at radius 2 is 2.00 bits per heavy atom. The minimum absolute atomic E-state index is 0.237. The number of carbonyl (C=O) groups is 2. The van der Waals surface area contributed by atoms with Crippen LogP contribution in [0.1, 0.15) is 26.7 Å². The third-order valence-electron chi connectivity index (χ3n) is 3.08. The first-order valence-corrected chi connectivity index (χ1v) is 8.14. The Labute approximate surface area is 129 Å². The van der Waals surface area contributed by atoms with Gasteiger partial charge in [0.15, 0.2) is 0 Å². The Hall–Kier alpha value is -1.53. The van der Waals surface area contributed by atoms with Crippen LogP contribution >= 0.6 is 11.8 Å². The van der Waals surface area contributed by atoms with E-state index in [0.717, 1.165) is 17.0 Å². The van der Waals surface area contributed by atoms with E-state index < -0.39 is 18.1 Å². The lowest BCUT2D eigenvalue weighted by Gasteiger charge is -2.20. The molecule has 1 rings (SSSR count). The molecule has 0 bridgehead atoms. The smallest absolute Gasteiger partial charge is 0.320 e. The number of thioether (sulfide) groups is 1. The first-order chi connectivity index (χ1) is 9.99. The van der Waals surface area contributed by atoms with Crippen molar-refractivity contribution in [3.05, 3.63) is 24.3 Å². The summed E-state index contributed by atoms with van der Waals surface area (Å²) in [5, 5.41) is 14.8. The van der Waals surface area contributed by atoms with E-state index in [9.17, 15) is 9.59 Å². The van der Waals surface area contributed by atoms with Crippen molar-refractivity contribution in [2.45, 2.75) is 43.7 Å². The Bertz CT molecular complexity index is 494. The van der Waals surface area contributed by atoms with Gasteiger partial charge in [-0.25, -0.2) is 0 Å². The highest BCUT2D eigenvalue weighted by Gasteiger charge is 2.22. The third kappa shape index (κ3) is 5.40. The molecule has 0 fully saturated rings. The fraction of sp³-hybridized carbons (Fsp3) is 0.467. The molecule has 0 aliphatic rings. The van der Waals surface area contributed by atoms with E-state index in [0.29, 0.717) is 6.42 Å². The van der Waals surface area contributed by atoms with Crippen LogP contribution in [-0.4, -0.2) is 35.3 Å². The minimum atomic E-state index is -0.930. The molecule has 1 aromatic carbocycles. The van der Waals surface area contributed by atoms with Crippen LogP contribution in [0, 0.1) is 0 Å². The fourth-order valence-electron chi connectivity index (χ4n) is 1.93. The maximum atomic E-state index is 12.2. The quantitative estimate of drug-likeness (QED) is 0.643. The number of carboxylic acid groups (broad SMARTS) is 1. The van der Waals surface area contributed by atoms with Crippen molar-refractivity contribution < 1.29 is 14.7 Å². The third-order valence-corrected chi connectivity index (χ3v) is 3.88. The van der Waals surface area contributed by atoms with Gasteiger partial charge in [-0.1, -0.05) is 25.5 Å². The molecule has 0 heterocycles. The number of nitrogens with one attached hydrogen (secondary N) is 2. The van der Waals surface area contributed by atoms with Crippen LogP contribution in [0.4, 0.5) is 5.69 Å². The summed E-state index contributed by atoms with van der Waals surface area (Å²) in [7, 11) is 0. The zero-order valence-electron chi connectivity index (χ0n) is 12.6. The van der Waals surface area contributed by atoms with E-state index in [1.54, 1.807) is 18.7 Å². The summed E-state index contributed by atoms with van der Waals surface area (Å²) in [4.78, 5) is 24.2. The van der Waals surface area contributed by atoms with Crippen molar-refractivity contribution in [1.82, 2.24) is 5.32 Å². The number of hydrogen-bond acceptors (Lipinski definition) is 4. The topological polar surface area (TPSA) is 78.4 Å². The van der Waals surface area contributed by atoms with Gasteiger partial charge in [0, 0.05) is 4.90 Å². The first kappa shape index (κ1) is 17.5. The van der Waals surface area contributed by atoms with Gasteiger partial charge < -0.3 is 10.4 Å². The monoisotopic (exact) mass is 310 g/mol. The van der Waals surface area contributed by atoms with Crippen molar-refractivity contribution in [1.29, 1.82) is 0 Å². The summed E-state index contributed by atoms with van der Waals surface area (Å²) in [5.41, 5.74) is 0.742. The number of hydrogen-bond donors (Lipinski definition) is 3. The van der Waals surface area contributed by atoms with Crippen LogP contribution < -0.4 is 10.6 Å². The summed E-state index contributed by atoms with van der Waals surface area (Å²) in [6.07, 6.45) is 3.18. The normalized spacial score (nSPS) is 13.5. The van der Waals surface area contributed by atoms with Crippen LogP contribution in [0.5, 0.6) is 0 Å². The average molecular weight is 310 g/mol. The van der Waals surface area contributed by atoms with E-state index in [4.69, 9.17) is 5.11 Å². The summed E-state index contributed by atoms with van der Waals surface area (Å²) in [6, 6.07) is 6.24. The van der Waals surface area contributed by atoms with Gasteiger partial charge in [0.25, 0.3) is 0 Å². The Morgan fingerprint density at radius 3 is 2.57 bits per heavy atom. The van der Waals surface area contributed by atoms with Crippen LogP contribution in [0.25, 0.3) is 0 Å². The number of aliphatic carboxylic acids is 1. The van der Waals surface area contributed by atoms with Crippen LogP contribution in [0.2, 0.25) is 0 Å². The molecular formula is C15H22N2O3S. The SMILES string of the molecule is CCCC(NC(C)C(=O)Nc1ccccc1SC)C(=O)O. The Kier molecular flexibility index (Phi) is 7.25. The first-order valence-electron chi connectivity index (χ1n) is 6.92. The molecule has 2 unspecified atom stereocenters. The van der Waals surface area contributed by atoms with Gasteiger partial charge in [-0.2, -0.15) is 0 Å². The molecule has 0 radical (unpaired) electrons. The summed E-state index contributed by atoms with van der Waals surface area (Å²) in [6.45, 7) is 3.58. The number of amides is 1. The summed E-state index contributed by atoms with van der Waals surface area (Å²) < 4.78 is 0. The second kappa shape index (κ2) is 8.69. The van der Waals surface area contributed by atoms with Crippen molar-refractivity contribution in [2.75, 3.05) is 11.6 Å². The van der Waals surface area contributed by atoms with Gasteiger partial charge in [-0.3, -0.25) is 14.9 Å². The standard InChI is InChI=1S/C15H22N2O3S/c1-4-7-12(15(19)20)16-10(2)14(18)17-11-8-5-6-9-13(11)21-3/h5-6,8-10,12,16H,4,7H2,1-3H3,(H,17,18)(H,19,20). The van der Waals surface area contributed by atoms with E-state index in [1.807, 2.05) is 37.4 Å². The number of benzene rings is 1. The lowest BCUT2D eigenvalue weighted by Crippen LogP contribution is -2.47. The van der Waals surface area contributed by atoms with Crippen molar-refractivity contribution in [3.63, 3.8) is 0 Å². The Balaban J connectivity index is 2.68. The largest absolute Gasteiger partial charge is 0.480 e. The molecular weight excluding hydrogens is 288 g/mol. The lowest BCUT2D eigenvalue weighted by molar-refractivity contribution is -0.140. The molecule has 0 saturated carbocycles. The van der Waals surface area contributed by atoms with Gasteiger partial charge in [0.05, 0.1) is 11.7 Å². The van der Waals surface area contributed by atoms with Gasteiger partial charge in [0.1, 0.15) is 6.04 Å². The van der Waals surface area contributed by atoms with Crippen molar-refractivity contribution >= 4 is 29.3 Å². The van der Waals surface area contributed by atoms with Crippen LogP contribution in [0.15, 0.2) is 29.2 Å². The Morgan fingerprint density at radius 1 is 1.33 bits per heavy atom. The van der Waals surface area contributed by atoms with Gasteiger partial charge in [0.2, 0.25) is 5.91 Å². The van der Waals surface area contributed by atoms with Gasteiger partial charge in [-0.15, -0.1) is 11.8 Å². The minimum Gasteiger partial charge on any atom is -0.480 e. The second-order valence-corrected chi connectivity index (χ2v) is 5.61. The molecule has 0 aromatic heterocycles. The van der Waals surface area contributed by atoms with E-state index in [2.05, 4.69) is 10.6 Å². The lowest BCUT2D eigenvalue weighted by atomic mass is 10.1. The second-order valence-electron chi connectivity index (χ2n) is 4.76. The molecule has 0 aliphatic heterocycles. The number of anilines is 1. The fourth-order valence-corrected chi connectivity index (χ4v) is 2.49. The van der Waals surface area contributed by atoms with Crippen molar-refractivity contribution in [2.24, 2.45) is 0 Å². The highest BCUT2D eigenvalue weighted by molar-refractivity contribution is 7.98. The van der Waals surface area contributed by atoms with Crippen LogP contribution in [0.3, 0.4) is 0 Å². The molecule has 0 spiro atoms. The predicted octanol–water partition coefficient (Wildman–Crippen LogP) is 2.58. The number of para-hydroxylation sites is 1. The number of rotatable bonds is 8. The molecule has 2 atom stereocenters. The number of carboxylic acids is 1. The highest BCUT2D eigenvalue weighted by Crippen LogP contribution is 2.24. The molecule has 116 valence electrons. The molecule has 5 nitrogen and oxygen atoms in total. The molecule has 1 aromatic rings.